The second-order valence-electron chi connectivity index (χ2n) is 5.28. The van der Waals surface area contributed by atoms with E-state index in [0.29, 0.717) is 16.3 Å². The fourth-order valence-electron chi connectivity index (χ4n) is 1.85. The van der Waals surface area contributed by atoms with E-state index >= 15 is 0 Å². The maximum Gasteiger partial charge on any atom is 0.269 e. The van der Waals surface area contributed by atoms with E-state index in [-0.39, 0.29) is 11.7 Å². The summed E-state index contributed by atoms with van der Waals surface area (Å²) in [5.41, 5.74) is 6.31. The van der Waals surface area contributed by atoms with Gasteiger partial charge in [0.2, 0.25) is 0 Å². The van der Waals surface area contributed by atoms with Gasteiger partial charge in [-0.1, -0.05) is 49.5 Å². The normalized spacial score (nSPS) is 10.1. The molecule has 0 aliphatic rings. The summed E-state index contributed by atoms with van der Waals surface area (Å²) in [4.78, 5) is 23.9. The van der Waals surface area contributed by atoms with Crippen molar-refractivity contribution in [1.82, 2.24) is 16.2 Å². The van der Waals surface area contributed by atoms with Crippen LogP contribution in [-0.4, -0.2) is 23.5 Å². The number of ether oxygens (including phenoxy) is 1. The van der Waals surface area contributed by atoms with Crippen LogP contribution < -0.4 is 20.9 Å². The summed E-state index contributed by atoms with van der Waals surface area (Å²) in [5.74, 6) is -0.531. The molecule has 3 N–H and O–H groups in total. The SMILES string of the molecule is Cc1ccc(C(=O)NNC(=S)NC(=O)COc2ccc(Br)cc2Cl)cc1Br. The van der Waals surface area contributed by atoms with E-state index in [4.69, 9.17) is 28.6 Å². The smallest absolute Gasteiger partial charge is 0.269 e. The van der Waals surface area contributed by atoms with Gasteiger partial charge < -0.3 is 4.74 Å². The molecule has 0 atom stereocenters. The highest BCUT2D eigenvalue weighted by Gasteiger charge is 2.10. The highest BCUT2D eigenvalue weighted by Crippen LogP contribution is 2.27. The number of hydrogen-bond donors (Lipinski definition) is 3. The fourth-order valence-corrected chi connectivity index (χ4v) is 3.12. The molecular weight excluding hydrogens is 522 g/mol. The maximum atomic E-state index is 12.1. The highest BCUT2D eigenvalue weighted by atomic mass is 79.9. The molecule has 0 radical (unpaired) electrons. The summed E-state index contributed by atoms with van der Waals surface area (Å²) in [6.07, 6.45) is 0. The third-order valence-electron chi connectivity index (χ3n) is 3.23. The Morgan fingerprint density at radius 1 is 1.15 bits per heavy atom. The Bertz CT molecular complexity index is 896. The summed E-state index contributed by atoms with van der Waals surface area (Å²) in [7, 11) is 0. The number of thiocarbonyl (C=S) groups is 1. The number of halogens is 3. The number of amides is 2. The molecule has 0 spiro atoms. The van der Waals surface area contributed by atoms with Crippen LogP contribution in [0.3, 0.4) is 0 Å². The average molecular weight is 536 g/mol. The lowest BCUT2D eigenvalue weighted by Gasteiger charge is -2.12. The number of benzene rings is 2. The molecule has 2 amide bonds. The van der Waals surface area contributed by atoms with Crippen molar-refractivity contribution in [2.24, 2.45) is 0 Å². The summed E-state index contributed by atoms with van der Waals surface area (Å²) in [6.45, 7) is 1.63. The first kappa shape index (κ1) is 21.6. The Kier molecular flexibility index (Phi) is 8.03. The number of hydrazine groups is 1. The highest BCUT2D eigenvalue weighted by molar-refractivity contribution is 9.10. The van der Waals surface area contributed by atoms with Crippen molar-refractivity contribution < 1.29 is 14.3 Å². The Hall–Kier alpha value is -1.68. The van der Waals surface area contributed by atoms with Crippen LogP contribution in [0.1, 0.15) is 15.9 Å². The summed E-state index contributed by atoms with van der Waals surface area (Å²) < 4.78 is 6.94. The number of carbonyl (C=O) groups is 2. The first-order valence-corrected chi connectivity index (χ1v) is 9.87. The first-order chi connectivity index (χ1) is 12.8. The van der Waals surface area contributed by atoms with E-state index in [0.717, 1.165) is 14.5 Å². The molecule has 0 aromatic heterocycles. The van der Waals surface area contributed by atoms with E-state index in [9.17, 15) is 9.59 Å². The topological polar surface area (TPSA) is 79.5 Å². The summed E-state index contributed by atoms with van der Waals surface area (Å²) >= 11 is 17.6. The van der Waals surface area contributed by atoms with Gasteiger partial charge >= 0.3 is 0 Å². The zero-order valence-corrected chi connectivity index (χ0v) is 18.7. The van der Waals surface area contributed by atoms with Gasteiger partial charge in [0.1, 0.15) is 5.75 Å². The molecule has 27 heavy (non-hydrogen) atoms. The first-order valence-electron chi connectivity index (χ1n) is 7.50. The number of carbonyl (C=O) groups excluding carboxylic acids is 2. The van der Waals surface area contributed by atoms with Gasteiger partial charge in [0.25, 0.3) is 11.8 Å². The largest absolute Gasteiger partial charge is 0.482 e. The van der Waals surface area contributed by atoms with Crippen LogP contribution in [0.15, 0.2) is 45.3 Å². The minimum absolute atomic E-state index is 0.0648. The van der Waals surface area contributed by atoms with Gasteiger partial charge in [0.15, 0.2) is 11.7 Å². The predicted octanol–water partition coefficient (Wildman–Crippen LogP) is 3.89. The molecule has 0 fully saturated rings. The van der Waals surface area contributed by atoms with E-state index < -0.39 is 11.8 Å². The number of aryl methyl sites for hydroxylation is 1. The molecule has 2 aromatic rings. The van der Waals surface area contributed by atoms with E-state index in [2.05, 4.69) is 48.0 Å². The Morgan fingerprint density at radius 3 is 2.56 bits per heavy atom. The second-order valence-corrected chi connectivity index (χ2v) is 7.87. The van der Waals surface area contributed by atoms with Crippen LogP contribution in [0.4, 0.5) is 0 Å². The minimum Gasteiger partial charge on any atom is -0.482 e. The molecule has 142 valence electrons. The van der Waals surface area contributed by atoms with Gasteiger partial charge in [0, 0.05) is 14.5 Å². The number of rotatable bonds is 4. The van der Waals surface area contributed by atoms with E-state index in [1.54, 1.807) is 30.3 Å². The zero-order valence-electron chi connectivity index (χ0n) is 13.9. The average Bonchev–Trinajstić information content (AvgIpc) is 2.61. The van der Waals surface area contributed by atoms with Crippen LogP contribution in [0.5, 0.6) is 5.75 Å². The quantitative estimate of drug-likeness (QED) is 0.409. The van der Waals surface area contributed by atoms with E-state index in [1.165, 1.54) is 0 Å². The number of hydrogen-bond acceptors (Lipinski definition) is 4. The summed E-state index contributed by atoms with van der Waals surface area (Å²) in [5, 5.41) is 2.69. The fraction of sp³-hybridized carbons (Fsp3) is 0.118. The third kappa shape index (κ3) is 6.76. The van der Waals surface area contributed by atoms with Crippen molar-refractivity contribution in [3.63, 3.8) is 0 Å². The molecule has 2 aromatic carbocycles. The lowest BCUT2D eigenvalue weighted by atomic mass is 10.1. The molecule has 0 saturated heterocycles. The molecule has 6 nitrogen and oxygen atoms in total. The van der Waals surface area contributed by atoms with Crippen LogP contribution in [0.25, 0.3) is 0 Å². The van der Waals surface area contributed by atoms with Crippen LogP contribution in [0, 0.1) is 6.92 Å². The lowest BCUT2D eigenvalue weighted by Crippen LogP contribution is -2.49. The van der Waals surface area contributed by atoms with Crippen molar-refractivity contribution in [3.05, 3.63) is 61.5 Å². The standard InChI is InChI=1S/C17H14Br2ClN3O3S/c1-9-2-3-10(6-12(9)19)16(25)22-23-17(27)21-15(24)8-26-14-5-4-11(18)7-13(14)20/h2-7H,8H2,1H3,(H,22,25)(H2,21,23,24,27). The number of nitrogens with one attached hydrogen (secondary N) is 3. The molecule has 2 rings (SSSR count). The molecule has 0 heterocycles. The van der Waals surface area contributed by atoms with Crippen LogP contribution in [-0.2, 0) is 4.79 Å². The Labute approximate surface area is 183 Å². The van der Waals surface area contributed by atoms with Gasteiger partial charge in [-0.05, 0) is 55.0 Å². The van der Waals surface area contributed by atoms with Crippen LogP contribution >= 0.6 is 55.7 Å². The molecule has 0 saturated carbocycles. The van der Waals surface area contributed by atoms with Crippen LogP contribution in [0.2, 0.25) is 5.02 Å². The third-order valence-corrected chi connectivity index (χ3v) is 5.08. The Morgan fingerprint density at radius 2 is 1.89 bits per heavy atom. The van der Waals surface area contributed by atoms with Gasteiger partial charge in [-0.2, -0.15) is 0 Å². The second kappa shape index (κ2) is 10.0. The van der Waals surface area contributed by atoms with Crippen molar-refractivity contribution in [1.29, 1.82) is 0 Å². The van der Waals surface area contributed by atoms with Crippen molar-refractivity contribution >= 4 is 72.6 Å². The zero-order chi connectivity index (χ0) is 20.0. The van der Waals surface area contributed by atoms with Gasteiger partial charge in [0.05, 0.1) is 5.02 Å². The molecule has 0 aliphatic heterocycles. The van der Waals surface area contributed by atoms with Gasteiger partial charge in [-0.3, -0.25) is 25.8 Å². The lowest BCUT2D eigenvalue weighted by molar-refractivity contribution is -0.121. The van der Waals surface area contributed by atoms with Crippen molar-refractivity contribution in [2.45, 2.75) is 6.92 Å². The predicted molar refractivity (Wildman–Crippen MR) is 115 cm³/mol. The molecule has 0 aliphatic carbocycles. The minimum atomic E-state index is -0.501. The molecule has 0 unspecified atom stereocenters. The van der Waals surface area contributed by atoms with Gasteiger partial charge in [-0.15, -0.1) is 0 Å². The molecular formula is C17H14Br2ClN3O3S. The monoisotopic (exact) mass is 533 g/mol. The van der Waals surface area contributed by atoms with Gasteiger partial charge in [-0.25, -0.2) is 0 Å². The van der Waals surface area contributed by atoms with E-state index in [1.807, 2.05) is 13.0 Å². The molecule has 10 heteroatoms. The van der Waals surface area contributed by atoms with Crippen molar-refractivity contribution in [3.8, 4) is 5.75 Å². The maximum absolute atomic E-state index is 12.1. The van der Waals surface area contributed by atoms with Crippen molar-refractivity contribution in [2.75, 3.05) is 6.61 Å². The summed E-state index contributed by atoms with van der Waals surface area (Å²) in [6, 6.07) is 10.2. The molecule has 0 bridgehead atoms. The Balaban J connectivity index is 1.78.